The van der Waals surface area contributed by atoms with E-state index in [9.17, 15) is 9.18 Å². The molecule has 0 bridgehead atoms. The Labute approximate surface area is 168 Å². The molecule has 0 unspecified atom stereocenters. The minimum Gasteiger partial charge on any atom is -0.449 e. The normalized spacial score (nSPS) is 10.8. The summed E-state index contributed by atoms with van der Waals surface area (Å²) < 4.78 is 20.5. The maximum absolute atomic E-state index is 13.2. The number of benzene rings is 2. The second-order valence-corrected chi connectivity index (χ2v) is 6.47. The number of carbonyl (C=O) groups excluding carboxylic acids is 1. The van der Waals surface area contributed by atoms with Crippen LogP contribution in [0.3, 0.4) is 0 Å². The van der Waals surface area contributed by atoms with Crippen molar-refractivity contribution in [1.29, 1.82) is 0 Å². The van der Waals surface area contributed by atoms with E-state index in [-0.39, 0.29) is 12.4 Å². The van der Waals surface area contributed by atoms with Crippen molar-refractivity contribution >= 4 is 28.4 Å². The zero-order chi connectivity index (χ0) is 20.2. The Hall–Kier alpha value is -3.67. The first kappa shape index (κ1) is 18.7. The molecule has 0 atom stereocenters. The average molecular weight is 388 g/mol. The molecule has 2 heterocycles. The molecular weight excluding hydrogens is 369 g/mol. The lowest BCUT2D eigenvalue weighted by Crippen LogP contribution is -2.26. The second-order valence-electron chi connectivity index (χ2n) is 6.47. The number of rotatable bonds is 5. The van der Waals surface area contributed by atoms with Crippen molar-refractivity contribution in [3.05, 3.63) is 90.6 Å². The highest BCUT2D eigenvalue weighted by Crippen LogP contribution is 2.29. The van der Waals surface area contributed by atoms with Crippen LogP contribution in [0.4, 0.5) is 20.6 Å². The van der Waals surface area contributed by atoms with Crippen molar-refractivity contribution in [3.63, 3.8) is 0 Å². The van der Waals surface area contributed by atoms with E-state index in [1.807, 2.05) is 29.0 Å². The van der Waals surface area contributed by atoms with Crippen LogP contribution in [0.5, 0.6) is 0 Å². The summed E-state index contributed by atoms with van der Waals surface area (Å²) >= 11 is 0. The smallest absolute Gasteiger partial charge is 0.418 e. The number of fused-ring (bicyclic) bond motifs is 1. The standard InChI is InChI=1S/C23H19FN3O2/c1-2-29-23(28)27(20-9-12-25-13-10-20)21-8-5-18-11-14-26(22(18)15-21)16-17-3-6-19(24)7-4-17/h3-10,12-15H,2,16H2,1H3. The Morgan fingerprint density at radius 1 is 1.10 bits per heavy atom. The molecule has 0 aliphatic rings. The Balaban J connectivity index is 1.74. The second kappa shape index (κ2) is 8.14. The van der Waals surface area contributed by atoms with Crippen LogP contribution in [0.1, 0.15) is 12.5 Å². The highest BCUT2D eigenvalue weighted by atomic mass is 19.1. The molecule has 0 aliphatic heterocycles. The first-order valence-corrected chi connectivity index (χ1v) is 9.27. The van der Waals surface area contributed by atoms with Gasteiger partial charge in [-0.3, -0.25) is 4.98 Å². The maximum atomic E-state index is 13.2. The first-order valence-electron chi connectivity index (χ1n) is 9.27. The first-order chi connectivity index (χ1) is 14.2. The molecule has 2 aromatic heterocycles. The van der Waals surface area contributed by atoms with Crippen molar-refractivity contribution < 1.29 is 13.9 Å². The van der Waals surface area contributed by atoms with E-state index in [2.05, 4.69) is 11.1 Å². The Bertz CT molecular complexity index is 1120. The molecule has 1 radical (unpaired) electrons. The van der Waals surface area contributed by atoms with E-state index >= 15 is 0 Å². The van der Waals surface area contributed by atoms with E-state index in [4.69, 9.17) is 4.74 Å². The predicted molar refractivity (Wildman–Crippen MR) is 110 cm³/mol. The lowest BCUT2D eigenvalue weighted by Gasteiger charge is -2.22. The fourth-order valence-corrected chi connectivity index (χ4v) is 3.19. The van der Waals surface area contributed by atoms with Gasteiger partial charge < -0.3 is 9.30 Å². The maximum Gasteiger partial charge on any atom is 0.418 e. The number of hydrogen-bond donors (Lipinski definition) is 0. The van der Waals surface area contributed by atoms with Gasteiger partial charge in [-0.05, 0) is 48.9 Å². The average Bonchev–Trinajstić information content (AvgIpc) is 3.13. The van der Waals surface area contributed by atoms with Gasteiger partial charge in [0.15, 0.2) is 0 Å². The van der Waals surface area contributed by atoms with Crippen LogP contribution >= 0.6 is 0 Å². The monoisotopic (exact) mass is 388 g/mol. The van der Waals surface area contributed by atoms with Crippen LogP contribution < -0.4 is 4.90 Å². The van der Waals surface area contributed by atoms with Crippen molar-refractivity contribution in [2.24, 2.45) is 0 Å². The fourth-order valence-electron chi connectivity index (χ4n) is 3.19. The number of hydrogen-bond acceptors (Lipinski definition) is 3. The minimum absolute atomic E-state index is 0.262. The molecule has 145 valence electrons. The number of amides is 1. The zero-order valence-corrected chi connectivity index (χ0v) is 15.9. The lowest BCUT2D eigenvalue weighted by molar-refractivity contribution is 0.162. The van der Waals surface area contributed by atoms with Crippen molar-refractivity contribution in [1.82, 2.24) is 9.55 Å². The molecule has 4 aromatic rings. The summed E-state index contributed by atoms with van der Waals surface area (Å²) in [5.74, 6) is -0.262. The number of halogens is 1. The molecule has 0 aliphatic carbocycles. The molecule has 4 rings (SSSR count). The summed E-state index contributed by atoms with van der Waals surface area (Å²) in [5.41, 5.74) is 3.22. The third-order valence-corrected chi connectivity index (χ3v) is 4.56. The summed E-state index contributed by atoms with van der Waals surface area (Å²) in [4.78, 5) is 18.2. The van der Waals surface area contributed by atoms with Crippen LogP contribution in [-0.2, 0) is 11.3 Å². The summed E-state index contributed by atoms with van der Waals surface area (Å²) in [5, 5.41) is 0.925. The van der Waals surface area contributed by atoms with Gasteiger partial charge in [-0.15, -0.1) is 0 Å². The SMILES string of the molecule is CCOC(=O)N(c1ccncc1)c1ccc2[c]cn(Cc3ccc(F)cc3)c2c1. The van der Waals surface area contributed by atoms with Gasteiger partial charge in [-0.1, -0.05) is 18.2 Å². The summed E-state index contributed by atoms with van der Waals surface area (Å²) in [7, 11) is 0. The number of ether oxygens (including phenoxy) is 1. The van der Waals surface area contributed by atoms with Crippen molar-refractivity contribution in [2.45, 2.75) is 13.5 Å². The summed E-state index contributed by atoms with van der Waals surface area (Å²) in [6, 6.07) is 18.8. The number of anilines is 2. The predicted octanol–water partition coefficient (Wildman–Crippen LogP) is 5.32. The third-order valence-electron chi connectivity index (χ3n) is 4.56. The largest absolute Gasteiger partial charge is 0.449 e. The van der Waals surface area contributed by atoms with Crippen molar-refractivity contribution in [2.75, 3.05) is 11.5 Å². The van der Waals surface area contributed by atoms with Gasteiger partial charge in [0.2, 0.25) is 0 Å². The van der Waals surface area contributed by atoms with E-state index < -0.39 is 6.09 Å². The van der Waals surface area contributed by atoms with Gasteiger partial charge in [0.05, 0.1) is 23.5 Å². The van der Waals surface area contributed by atoms with Crippen LogP contribution in [0.15, 0.2) is 73.2 Å². The van der Waals surface area contributed by atoms with Crippen molar-refractivity contribution in [3.8, 4) is 0 Å². The third kappa shape index (κ3) is 3.96. The highest BCUT2D eigenvalue weighted by molar-refractivity contribution is 5.98. The van der Waals surface area contributed by atoms with Gasteiger partial charge in [0, 0.05) is 36.6 Å². The van der Waals surface area contributed by atoms with Crippen LogP contribution in [-0.4, -0.2) is 22.3 Å². The van der Waals surface area contributed by atoms with E-state index in [0.29, 0.717) is 17.9 Å². The molecule has 0 fully saturated rings. The Morgan fingerprint density at radius 3 is 2.59 bits per heavy atom. The molecule has 0 spiro atoms. The summed E-state index contributed by atoms with van der Waals surface area (Å²) in [6.45, 7) is 2.62. The molecule has 0 saturated heterocycles. The molecule has 0 saturated carbocycles. The quantitative estimate of drug-likeness (QED) is 0.465. The lowest BCUT2D eigenvalue weighted by atomic mass is 10.2. The number of carbonyl (C=O) groups is 1. The minimum atomic E-state index is -0.460. The molecule has 2 aromatic carbocycles. The van der Waals surface area contributed by atoms with Crippen LogP contribution in [0.25, 0.3) is 10.9 Å². The number of aromatic nitrogens is 2. The zero-order valence-electron chi connectivity index (χ0n) is 15.9. The molecule has 6 heteroatoms. The Kier molecular flexibility index (Phi) is 5.24. The summed E-state index contributed by atoms with van der Waals surface area (Å²) in [6.07, 6.45) is 4.66. The molecule has 29 heavy (non-hydrogen) atoms. The number of pyridine rings is 1. The van der Waals surface area contributed by atoms with Gasteiger partial charge in [0.1, 0.15) is 5.82 Å². The molecule has 5 nitrogen and oxygen atoms in total. The van der Waals surface area contributed by atoms with Gasteiger partial charge >= 0.3 is 6.09 Å². The molecule has 0 N–H and O–H groups in total. The van der Waals surface area contributed by atoms with E-state index in [0.717, 1.165) is 16.5 Å². The van der Waals surface area contributed by atoms with Crippen LogP contribution in [0, 0.1) is 11.9 Å². The molecular formula is C23H19FN3O2. The Morgan fingerprint density at radius 2 is 1.86 bits per heavy atom. The topological polar surface area (TPSA) is 47.4 Å². The number of nitrogens with zero attached hydrogens (tertiary/aromatic N) is 3. The highest BCUT2D eigenvalue weighted by Gasteiger charge is 2.20. The van der Waals surface area contributed by atoms with Crippen LogP contribution in [0.2, 0.25) is 0 Å². The van der Waals surface area contributed by atoms with Gasteiger partial charge in [-0.25, -0.2) is 14.1 Å². The van der Waals surface area contributed by atoms with Gasteiger partial charge in [0.25, 0.3) is 0 Å². The molecule has 1 amide bonds. The van der Waals surface area contributed by atoms with E-state index in [1.54, 1.807) is 43.6 Å². The van der Waals surface area contributed by atoms with E-state index in [1.165, 1.54) is 17.0 Å². The van der Waals surface area contributed by atoms with Gasteiger partial charge in [-0.2, -0.15) is 0 Å². The fraction of sp³-hybridized carbons (Fsp3) is 0.130.